The van der Waals surface area contributed by atoms with E-state index in [1.54, 1.807) is 17.1 Å². The maximum Gasteiger partial charge on any atom is 0.247 e. The fourth-order valence-electron chi connectivity index (χ4n) is 2.11. The average molecular weight is 247 g/mol. The van der Waals surface area contributed by atoms with Crippen molar-refractivity contribution in [3.63, 3.8) is 0 Å². The van der Waals surface area contributed by atoms with Crippen LogP contribution in [0.25, 0.3) is 0 Å². The van der Waals surface area contributed by atoms with Crippen LogP contribution in [0.15, 0.2) is 18.5 Å². The SMILES string of the molecule is CC(C(=O)N1CCN(CC#N)CC1)n1cccn1. The molecule has 18 heavy (non-hydrogen) atoms. The quantitative estimate of drug-likeness (QED) is 0.711. The van der Waals surface area contributed by atoms with Crippen LogP contribution < -0.4 is 0 Å². The van der Waals surface area contributed by atoms with Crippen LogP contribution in [0, 0.1) is 11.3 Å². The van der Waals surface area contributed by atoms with Crippen LogP contribution in [0.2, 0.25) is 0 Å². The van der Waals surface area contributed by atoms with Crippen LogP contribution >= 0.6 is 0 Å². The number of aromatic nitrogens is 2. The molecule has 0 spiro atoms. The molecular weight excluding hydrogens is 230 g/mol. The minimum absolute atomic E-state index is 0.0929. The number of piperazine rings is 1. The molecule has 96 valence electrons. The first-order valence-corrected chi connectivity index (χ1v) is 6.09. The molecule has 1 amide bonds. The second-order valence-electron chi connectivity index (χ2n) is 4.42. The van der Waals surface area contributed by atoms with Crippen LogP contribution in [0.5, 0.6) is 0 Å². The third-order valence-corrected chi connectivity index (χ3v) is 3.26. The lowest BCUT2D eigenvalue weighted by atomic mass is 10.2. The van der Waals surface area contributed by atoms with Gasteiger partial charge in [0.1, 0.15) is 6.04 Å². The number of nitrogens with zero attached hydrogens (tertiary/aromatic N) is 5. The molecule has 6 heteroatoms. The van der Waals surface area contributed by atoms with E-state index in [0.29, 0.717) is 19.6 Å². The van der Waals surface area contributed by atoms with Crippen LogP contribution in [0.4, 0.5) is 0 Å². The van der Waals surface area contributed by atoms with Crippen molar-refractivity contribution in [2.45, 2.75) is 13.0 Å². The Hall–Kier alpha value is -1.87. The first-order chi connectivity index (χ1) is 8.72. The van der Waals surface area contributed by atoms with Crippen LogP contribution in [-0.2, 0) is 4.79 Å². The number of amides is 1. The predicted molar refractivity (Wildman–Crippen MR) is 65.6 cm³/mol. The Morgan fingerprint density at radius 1 is 1.44 bits per heavy atom. The minimum atomic E-state index is -0.262. The molecule has 0 saturated carbocycles. The summed E-state index contributed by atoms with van der Waals surface area (Å²) in [5, 5.41) is 12.7. The number of hydrogen-bond donors (Lipinski definition) is 0. The molecule has 2 heterocycles. The Labute approximate surface area is 106 Å². The molecule has 1 unspecified atom stereocenters. The Morgan fingerprint density at radius 2 is 2.17 bits per heavy atom. The van der Waals surface area contributed by atoms with Crippen molar-refractivity contribution in [2.24, 2.45) is 0 Å². The van der Waals surface area contributed by atoms with E-state index in [1.807, 2.05) is 17.9 Å². The largest absolute Gasteiger partial charge is 0.338 e. The molecule has 0 bridgehead atoms. The zero-order valence-electron chi connectivity index (χ0n) is 10.5. The molecule has 0 aromatic carbocycles. The molecule has 1 aliphatic heterocycles. The molecule has 1 aromatic rings. The summed E-state index contributed by atoms with van der Waals surface area (Å²) >= 11 is 0. The Kier molecular flexibility index (Phi) is 3.95. The topological polar surface area (TPSA) is 65.2 Å². The number of carbonyl (C=O) groups is 1. The van der Waals surface area contributed by atoms with Crippen LogP contribution in [-0.4, -0.2) is 58.2 Å². The number of carbonyl (C=O) groups excluding carboxylic acids is 1. The van der Waals surface area contributed by atoms with Gasteiger partial charge in [0.2, 0.25) is 5.91 Å². The first-order valence-electron chi connectivity index (χ1n) is 6.09. The Bertz CT molecular complexity index is 428. The van der Waals surface area contributed by atoms with E-state index in [2.05, 4.69) is 16.1 Å². The molecule has 1 saturated heterocycles. The van der Waals surface area contributed by atoms with Crippen molar-refractivity contribution in [3.8, 4) is 6.07 Å². The highest BCUT2D eigenvalue weighted by Gasteiger charge is 2.25. The van der Waals surface area contributed by atoms with Crippen molar-refractivity contribution in [1.29, 1.82) is 5.26 Å². The van der Waals surface area contributed by atoms with Crippen molar-refractivity contribution in [2.75, 3.05) is 32.7 Å². The maximum atomic E-state index is 12.2. The summed E-state index contributed by atoms with van der Waals surface area (Å²) in [7, 11) is 0. The van der Waals surface area contributed by atoms with Crippen LogP contribution in [0.3, 0.4) is 0 Å². The van der Waals surface area contributed by atoms with Gasteiger partial charge in [-0.25, -0.2) is 0 Å². The summed E-state index contributed by atoms with van der Waals surface area (Å²) in [5.41, 5.74) is 0. The van der Waals surface area contributed by atoms with E-state index in [9.17, 15) is 4.79 Å². The molecule has 0 radical (unpaired) electrons. The van der Waals surface area contributed by atoms with Gasteiger partial charge in [-0.15, -0.1) is 0 Å². The number of nitriles is 1. The summed E-state index contributed by atoms with van der Waals surface area (Å²) in [5.74, 6) is 0.0929. The molecule has 1 aromatic heterocycles. The van der Waals surface area contributed by atoms with Gasteiger partial charge >= 0.3 is 0 Å². The lowest BCUT2D eigenvalue weighted by Crippen LogP contribution is -2.50. The normalized spacial score (nSPS) is 18.3. The molecule has 0 aliphatic carbocycles. The van der Waals surface area contributed by atoms with E-state index in [-0.39, 0.29) is 11.9 Å². The third kappa shape index (κ3) is 2.68. The highest BCUT2D eigenvalue weighted by atomic mass is 16.2. The summed E-state index contributed by atoms with van der Waals surface area (Å²) in [6, 6.07) is 3.69. The van der Waals surface area contributed by atoms with Crippen molar-refractivity contribution in [1.82, 2.24) is 19.6 Å². The molecule has 1 atom stereocenters. The van der Waals surface area contributed by atoms with E-state index in [1.165, 1.54) is 0 Å². The zero-order chi connectivity index (χ0) is 13.0. The minimum Gasteiger partial charge on any atom is -0.338 e. The van der Waals surface area contributed by atoms with Gasteiger partial charge in [0.05, 0.1) is 12.6 Å². The summed E-state index contributed by atoms with van der Waals surface area (Å²) in [6.07, 6.45) is 3.48. The van der Waals surface area contributed by atoms with Crippen LogP contribution in [0.1, 0.15) is 13.0 Å². The van der Waals surface area contributed by atoms with E-state index >= 15 is 0 Å². The van der Waals surface area contributed by atoms with Gasteiger partial charge in [-0.2, -0.15) is 10.4 Å². The van der Waals surface area contributed by atoms with Gasteiger partial charge in [-0.1, -0.05) is 0 Å². The fourth-order valence-corrected chi connectivity index (χ4v) is 2.11. The summed E-state index contributed by atoms with van der Waals surface area (Å²) < 4.78 is 1.67. The highest BCUT2D eigenvalue weighted by Crippen LogP contribution is 2.11. The first kappa shape index (κ1) is 12.6. The fraction of sp³-hybridized carbons (Fsp3) is 0.583. The Balaban J connectivity index is 1.90. The van der Waals surface area contributed by atoms with E-state index < -0.39 is 0 Å². The van der Waals surface area contributed by atoms with E-state index in [0.717, 1.165) is 13.1 Å². The third-order valence-electron chi connectivity index (χ3n) is 3.26. The predicted octanol–water partition coefficient (Wildman–Crippen LogP) is 0.112. The van der Waals surface area contributed by atoms with Crippen molar-refractivity contribution in [3.05, 3.63) is 18.5 Å². The van der Waals surface area contributed by atoms with Gasteiger partial charge < -0.3 is 4.90 Å². The van der Waals surface area contributed by atoms with Gasteiger partial charge in [-0.05, 0) is 13.0 Å². The Morgan fingerprint density at radius 3 is 2.72 bits per heavy atom. The monoisotopic (exact) mass is 247 g/mol. The molecule has 1 fully saturated rings. The second-order valence-corrected chi connectivity index (χ2v) is 4.42. The van der Waals surface area contributed by atoms with E-state index in [4.69, 9.17) is 5.26 Å². The molecule has 2 rings (SSSR count). The van der Waals surface area contributed by atoms with Crippen molar-refractivity contribution >= 4 is 5.91 Å². The van der Waals surface area contributed by atoms with Gasteiger partial charge in [0.15, 0.2) is 0 Å². The molecule has 6 nitrogen and oxygen atoms in total. The molecule has 1 aliphatic rings. The van der Waals surface area contributed by atoms with Crippen molar-refractivity contribution < 1.29 is 4.79 Å². The average Bonchev–Trinajstić information content (AvgIpc) is 2.92. The number of hydrogen-bond acceptors (Lipinski definition) is 4. The highest BCUT2D eigenvalue weighted by molar-refractivity contribution is 5.80. The zero-order valence-corrected chi connectivity index (χ0v) is 10.5. The standard InChI is InChI=1S/C12H17N5O/c1-11(17-5-2-4-14-17)12(18)16-9-7-15(6-3-13)8-10-16/h2,4-5,11H,6-10H2,1H3. The second kappa shape index (κ2) is 5.65. The number of rotatable bonds is 3. The smallest absolute Gasteiger partial charge is 0.247 e. The van der Waals surface area contributed by atoms with Gasteiger partial charge in [0, 0.05) is 38.6 Å². The van der Waals surface area contributed by atoms with Gasteiger partial charge in [0.25, 0.3) is 0 Å². The lowest BCUT2D eigenvalue weighted by molar-refractivity contribution is -0.136. The summed E-state index contributed by atoms with van der Waals surface area (Å²) in [4.78, 5) is 16.1. The molecule has 0 N–H and O–H groups in total. The lowest BCUT2D eigenvalue weighted by Gasteiger charge is -2.34. The maximum absolute atomic E-state index is 12.2. The summed E-state index contributed by atoms with van der Waals surface area (Å²) in [6.45, 7) is 5.21. The van der Waals surface area contributed by atoms with Gasteiger partial charge in [-0.3, -0.25) is 14.4 Å². The molecular formula is C12H17N5O.